The van der Waals surface area contributed by atoms with E-state index in [1.54, 1.807) is 19.3 Å². The van der Waals surface area contributed by atoms with Crippen molar-refractivity contribution in [1.29, 1.82) is 0 Å². The van der Waals surface area contributed by atoms with Crippen LogP contribution in [-0.2, 0) is 4.74 Å². The van der Waals surface area contributed by atoms with Crippen molar-refractivity contribution in [1.82, 2.24) is 15.3 Å². The maximum absolute atomic E-state index is 13.1. The number of methoxy groups -OCH3 is 1. The standard InChI is InChI=1S/C23H31N5O3/c1-3-4-14-24-23-25-15-18(21(28-23)26-16-10-12-17(29)13-11-16)22(30)27-19-8-6-5-7-9-20(19)31-2/h5-7,9,15-17,29H,3-4,10-14H2,1-2H3,(H,27,30)(H2,24,25,26,28). The molecule has 1 aromatic rings. The number of amides is 1. The van der Waals surface area contributed by atoms with E-state index in [2.05, 4.69) is 38.6 Å². The number of ether oxygens (including phenoxy) is 1. The maximum Gasteiger partial charge on any atom is 0.261 e. The molecule has 2 aliphatic carbocycles. The summed E-state index contributed by atoms with van der Waals surface area (Å²) in [6.45, 7) is 2.89. The number of anilines is 2. The van der Waals surface area contributed by atoms with E-state index in [4.69, 9.17) is 4.74 Å². The van der Waals surface area contributed by atoms with E-state index in [0.717, 1.165) is 45.1 Å². The van der Waals surface area contributed by atoms with E-state index in [-0.39, 0.29) is 18.1 Å². The minimum absolute atomic E-state index is 0.143. The van der Waals surface area contributed by atoms with Crippen LogP contribution < -0.4 is 16.0 Å². The molecule has 31 heavy (non-hydrogen) atoms. The molecule has 1 heterocycles. The van der Waals surface area contributed by atoms with E-state index in [1.807, 2.05) is 12.2 Å². The molecule has 0 aromatic carbocycles. The van der Waals surface area contributed by atoms with E-state index in [9.17, 15) is 9.90 Å². The number of carbonyl (C=O) groups excluding carboxylic acids is 1. The molecule has 2 aliphatic rings. The van der Waals surface area contributed by atoms with E-state index >= 15 is 0 Å². The molecule has 0 unspecified atom stereocenters. The molecule has 1 saturated carbocycles. The lowest BCUT2D eigenvalue weighted by molar-refractivity contribution is 0.0962. The molecule has 0 radical (unpaired) electrons. The van der Waals surface area contributed by atoms with Gasteiger partial charge in [-0.3, -0.25) is 4.79 Å². The van der Waals surface area contributed by atoms with Gasteiger partial charge in [0.15, 0.2) is 0 Å². The van der Waals surface area contributed by atoms with Crippen LogP contribution in [-0.4, -0.2) is 46.8 Å². The van der Waals surface area contributed by atoms with Crippen LogP contribution in [0.25, 0.3) is 0 Å². The first-order valence-corrected chi connectivity index (χ1v) is 10.9. The predicted molar refractivity (Wildman–Crippen MR) is 121 cm³/mol. The van der Waals surface area contributed by atoms with Crippen LogP contribution in [0.1, 0.15) is 55.8 Å². The summed E-state index contributed by atoms with van der Waals surface area (Å²) in [5, 5.41) is 19.3. The molecular formula is C23H31N5O3. The maximum atomic E-state index is 13.1. The second-order valence-electron chi connectivity index (χ2n) is 7.65. The van der Waals surface area contributed by atoms with Crippen LogP contribution in [0.5, 0.6) is 0 Å². The van der Waals surface area contributed by atoms with Crippen LogP contribution in [0.3, 0.4) is 0 Å². The highest BCUT2D eigenvalue weighted by molar-refractivity contribution is 5.99. The van der Waals surface area contributed by atoms with Crippen LogP contribution in [0.4, 0.5) is 11.8 Å². The Hall–Kier alpha value is -3.09. The van der Waals surface area contributed by atoms with Gasteiger partial charge in [-0.15, -0.1) is 0 Å². The summed E-state index contributed by atoms with van der Waals surface area (Å²) < 4.78 is 5.35. The molecule has 1 aromatic heterocycles. The molecule has 8 heteroatoms. The lowest BCUT2D eigenvalue weighted by Gasteiger charge is -2.27. The van der Waals surface area contributed by atoms with Crippen LogP contribution >= 0.6 is 0 Å². The van der Waals surface area contributed by atoms with Gasteiger partial charge in [0.05, 0.1) is 13.2 Å². The normalized spacial score (nSPS) is 20.4. The number of allylic oxidation sites excluding steroid dienone is 3. The highest BCUT2D eigenvalue weighted by Gasteiger charge is 2.23. The van der Waals surface area contributed by atoms with Crippen molar-refractivity contribution in [2.24, 2.45) is 0 Å². The average molecular weight is 426 g/mol. The second kappa shape index (κ2) is 11.3. The van der Waals surface area contributed by atoms with Crippen molar-refractivity contribution >= 4 is 17.7 Å². The van der Waals surface area contributed by atoms with Crippen molar-refractivity contribution in [3.63, 3.8) is 0 Å². The van der Waals surface area contributed by atoms with Gasteiger partial charge in [0.1, 0.15) is 22.8 Å². The predicted octanol–water partition coefficient (Wildman–Crippen LogP) is 3.27. The SMILES string of the molecule is CCCCNc1ncc(C(=O)NC2=C=CC=CC=C2OC)c(NC2CCC(O)CC2)n1. The number of hydrogen-bond acceptors (Lipinski definition) is 7. The lowest BCUT2D eigenvalue weighted by atomic mass is 9.93. The molecule has 0 atom stereocenters. The molecule has 0 bridgehead atoms. The molecule has 3 rings (SSSR count). The largest absolute Gasteiger partial charge is 0.494 e. The number of hydrogen-bond donors (Lipinski definition) is 4. The third-order valence-electron chi connectivity index (χ3n) is 5.27. The van der Waals surface area contributed by atoms with Gasteiger partial charge in [0, 0.05) is 18.8 Å². The summed E-state index contributed by atoms with van der Waals surface area (Å²) in [5.41, 5.74) is 3.79. The Morgan fingerprint density at radius 2 is 2.10 bits per heavy atom. The third-order valence-corrected chi connectivity index (χ3v) is 5.27. The fraction of sp³-hybridized carbons (Fsp3) is 0.478. The number of rotatable bonds is 9. The smallest absolute Gasteiger partial charge is 0.261 e. The second-order valence-corrected chi connectivity index (χ2v) is 7.65. The molecule has 1 fully saturated rings. The summed E-state index contributed by atoms with van der Waals surface area (Å²) in [4.78, 5) is 22.0. The molecule has 1 amide bonds. The third kappa shape index (κ3) is 6.44. The number of unbranched alkanes of at least 4 members (excludes halogenated alkanes) is 1. The number of nitrogens with one attached hydrogen (secondary N) is 3. The van der Waals surface area contributed by atoms with E-state index in [0.29, 0.717) is 28.8 Å². The molecule has 8 nitrogen and oxygen atoms in total. The first-order valence-electron chi connectivity index (χ1n) is 10.9. The van der Waals surface area contributed by atoms with Crippen molar-refractivity contribution in [3.05, 3.63) is 53.3 Å². The fourth-order valence-corrected chi connectivity index (χ4v) is 3.47. The van der Waals surface area contributed by atoms with Gasteiger partial charge >= 0.3 is 0 Å². The van der Waals surface area contributed by atoms with Crippen LogP contribution in [0.15, 0.2) is 47.7 Å². The minimum atomic E-state index is -0.348. The summed E-state index contributed by atoms with van der Waals surface area (Å²) in [6.07, 6.45) is 13.6. The Bertz CT molecular complexity index is 894. The minimum Gasteiger partial charge on any atom is -0.494 e. The molecule has 4 N–H and O–H groups in total. The quantitative estimate of drug-likeness (QED) is 0.355. The van der Waals surface area contributed by atoms with Gasteiger partial charge < -0.3 is 25.8 Å². The molecule has 166 valence electrons. The highest BCUT2D eigenvalue weighted by atomic mass is 16.5. The van der Waals surface area contributed by atoms with Gasteiger partial charge in [-0.05, 0) is 44.3 Å². The zero-order valence-electron chi connectivity index (χ0n) is 18.1. The van der Waals surface area contributed by atoms with Crippen LogP contribution in [0.2, 0.25) is 0 Å². The number of aliphatic hydroxyl groups is 1. The molecule has 0 aliphatic heterocycles. The Labute approximate surface area is 183 Å². The van der Waals surface area contributed by atoms with E-state index < -0.39 is 0 Å². The first-order chi connectivity index (χ1) is 15.1. The number of aromatic nitrogens is 2. The van der Waals surface area contributed by atoms with Gasteiger partial charge in [-0.2, -0.15) is 4.98 Å². The molecular weight excluding hydrogens is 394 g/mol. The monoisotopic (exact) mass is 425 g/mol. The Balaban J connectivity index is 1.81. The zero-order valence-corrected chi connectivity index (χ0v) is 18.1. The Morgan fingerprint density at radius 3 is 2.84 bits per heavy atom. The summed E-state index contributed by atoms with van der Waals surface area (Å²) in [7, 11) is 1.54. The van der Waals surface area contributed by atoms with Gasteiger partial charge in [-0.25, -0.2) is 4.98 Å². The first kappa shape index (κ1) is 22.6. The highest BCUT2D eigenvalue weighted by Crippen LogP contribution is 2.24. The summed E-state index contributed by atoms with van der Waals surface area (Å²) in [5.74, 6) is 1.12. The van der Waals surface area contributed by atoms with Crippen molar-refractivity contribution < 1.29 is 14.6 Å². The molecule has 0 spiro atoms. The lowest BCUT2D eigenvalue weighted by Crippen LogP contribution is -2.31. The fourth-order valence-electron chi connectivity index (χ4n) is 3.47. The Kier molecular flexibility index (Phi) is 8.27. The van der Waals surface area contributed by atoms with Crippen LogP contribution in [0, 0.1) is 0 Å². The number of carbonyl (C=O) groups is 1. The number of aliphatic hydroxyl groups excluding tert-OH is 1. The molecule has 0 saturated heterocycles. The van der Waals surface area contributed by atoms with Crippen molar-refractivity contribution in [2.75, 3.05) is 24.3 Å². The Morgan fingerprint density at radius 1 is 1.29 bits per heavy atom. The zero-order chi connectivity index (χ0) is 22.1. The van der Waals surface area contributed by atoms with Gasteiger partial charge in [0.25, 0.3) is 5.91 Å². The van der Waals surface area contributed by atoms with Crippen molar-refractivity contribution in [2.45, 2.75) is 57.6 Å². The average Bonchev–Trinajstić information content (AvgIpc) is 3.00. The number of nitrogens with zero attached hydrogens (tertiary/aromatic N) is 2. The van der Waals surface area contributed by atoms with Gasteiger partial charge in [0.2, 0.25) is 5.95 Å². The van der Waals surface area contributed by atoms with E-state index in [1.165, 1.54) is 6.20 Å². The summed E-state index contributed by atoms with van der Waals surface area (Å²) >= 11 is 0. The topological polar surface area (TPSA) is 108 Å². The van der Waals surface area contributed by atoms with Crippen molar-refractivity contribution in [3.8, 4) is 0 Å². The summed E-state index contributed by atoms with van der Waals surface area (Å²) in [6, 6.07) is 0.143. The van der Waals surface area contributed by atoms with Gasteiger partial charge in [-0.1, -0.05) is 31.2 Å².